The van der Waals surface area contributed by atoms with Gasteiger partial charge in [0, 0.05) is 60.3 Å². The molecule has 0 spiro atoms. The van der Waals surface area contributed by atoms with Crippen LogP contribution in [0.5, 0.6) is 0 Å². The summed E-state index contributed by atoms with van der Waals surface area (Å²) in [6.45, 7) is 26.0. The van der Waals surface area contributed by atoms with Crippen LogP contribution in [0.2, 0.25) is 0 Å². The van der Waals surface area contributed by atoms with Gasteiger partial charge in [0.05, 0.1) is 13.2 Å². The van der Waals surface area contributed by atoms with Crippen LogP contribution in [-0.4, -0.2) is 86.2 Å². The monoisotopic (exact) mass is 925 g/mol. The highest BCUT2D eigenvalue weighted by atomic mass is 16.7. The van der Waals surface area contributed by atoms with E-state index in [-0.39, 0.29) is 58.1 Å². The van der Waals surface area contributed by atoms with E-state index in [4.69, 9.17) is 14.4 Å². The predicted octanol–water partition coefficient (Wildman–Crippen LogP) is 13.2. The Morgan fingerprint density at radius 1 is 0.591 bits per heavy atom. The second-order valence-electron chi connectivity index (χ2n) is 22.3. The molecule has 3 aliphatic heterocycles. The van der Waals surface area contributed by atoms with Gasteiger partial charge in [-0.05, 0) is 106 Å². The number of carbonyl (C=O) groups excluding carboxylic acids is 4. The Morgan fingerprint density at radius 3 is 1.47 bits per heavy atom. The fraction of sp³-hybridized carbons (Fsp3) is 0.818. The fourth-order valence-corrected chi connectivity index (χ4v) is 10.8. The number of Topliss-reactive ketones (excluding diaryl/α,β-unsaturated/α-hetero) is 1. The van der Waals surface area contributed by atoms with E-state index in [1.165, 1.54) is 69.1 Å². The second kappa shape index (κ2) is 28.6. The first-order chi connectivity index (χ1) is 31.2. The van der Waals surface area contributed by atoms with Crippen molar-refractivity contribution < 1.29 is 33.6 Å². The van der Waals surface area contributed by atoms with Crippen LogP contribution in [0.25, 0.3) is 0 Å². The number of hydroxylamine groups is 4. The minimum Gasteiger partial charge on any atom is -0.462 e. The number of nitrogens with one attached hydrogen (secondary N) is 1. The van der Waals surface area contributed by atoms with Crippen molar-refractivity contribution in [3.63, 3.8) is 0 Å². The summed E-state index contributed by atoms with van der Waals surface area (Å²) >= 11 is 0. The number of carbonyl (C=O) groups is 4. The van der Waals surface area contributed by atoms with Crippen LogP contribution in [-0.2, 0) is 35.3 Å². The molecule has 11 heteroatoms. The third-order valence-electron chi connectivity index (χ3n) is 13.9. The van der Waals surface area contributed by atoms with E-state index < -0.39 is 0 Å². The Hall–Kier alpha value is -2.86. The van der Waals surface area contributed by atoms with E-state index in [0.717, 1.165) is 95.8 Å². The number of unbranched alkanes of at least 4 members (excludes halogenated alkanes) is 15. The highest BCUT2D eigenvalue weighted by Gasteiger charge is 2.49. The zero-order chi connectivity index (χ0) is 48.8. The molecule has 1 atom stereocenters. The number of ether oxygens (including phenoxy) is 1. The van der Waals surface area contributed by atoms with Crippen LogP contribution in [0.1, 0.15) is 236 Å². The lowest BCUT2D eigenvalue weighted by Gasteiger charge is -2.53. The lowest BCUT2D eigenvalue weighted by molar-refractivity contribution is -0.293. The summed E-state index contributed by atoms with van der Waals surface area (Å²) in [5.74, 6) is 0.242. The van der Waals surface area contributed by atoms with Gasteiger partial charge in [-0.15, -0.1) is 0 Å². The van der Waals surface area contributed by atoms with Crippen LogP contribution < -0.4 is 5.32 Å². The van der Waals surface area contributed by atoms with Crippen molar-refractivity contribution in [2.24, 2.45) is 5.92 Å². The minimum atomic E-state index is -0.377. The van der Waals surface area contributed by atoms with Crippen LogP contribution >= 0.6 is 0 Å². The molecule has 378 valence electrons. The largest absolute Gasteiger partial charge is 0.462 e. The first-order valence-electron chi connectivity index (χ1n) is 26.5. The SMILES string of the molecule is CC1C(=O)NC(=O)N1Cc1ccccc1.CCCCCCCCON1C(C)(C)CC(OC(=O)CCCCCCCCC(=O)C2CC(C)(C)N(OCCCCCCCC)C(C)(C)C2)CC1(C)C. The molecule has 3 fully saturated rings. The number of imide groups is 1. The predicted molar refractivity (Wildman–Crippen MR) is 267 cm³/mol. The highest BCUT2D eigenvalue weighted by Crippen LogP contribution is 2.43. The minimum absolute atomic E-state index is 0.0663. The number of piperidine rings is 2. The van der Waals surface area contributed by atoms with E-state index in [9.17, 15) is 19.2 Å². The van der Waals surface area contributed by atoms with Crippen molar-refractivity contribution >= 4 is 23.7 Å². The maximum Gasteiger partial charge on any atom is 0.325 e. The number of urea groups is 1. The first kappa shape index (κ1) is 57.5. The average Bonchev–Trinajstić information content (AvgIpc) is 3.47. The molecule has 0 radical (unpaired) electrons. The van der Waals surface area contributed by atoms with E-state index in [1.54, 1.807) is 6.92 Å². The summed E-state index contributed by atoms with van der Waals surface area (Å²) in [5.41, 5.74) is 0.324. The van der Waals surface area contributed by atoms with Gasteiger partial charge in [0.15, 0.2) is 0 Å². The van der Waals surface area contributed by atoms with Crippen molar-refractivity contribution in [2.45, 2.75) is 271 Å². The molecule has 3 amide bonds. The summed E-state index contributed by atoms with van der Waals surface area (Å²) < 4.78 is 6.03. The molecular weight excluding hydrogens is 829 g/mol. The topological polar surface area (TPSA) is 118 Å². The number of benzene rings is 1. The third-order valence-corrected chi connectivity index (χ3v) is 13.9. The molecule has 3 heterocycles. The van der Waals surface area contributed by atoms with Gasteiger partial charge in [-0.25, -0.2) is 4.79 Å². The van der Waals surface area contributed by atoms with Crippen LogP contribution in [0.4, 0.5) is 4.79 Å². The maximum absolute atomic E-state index is 13.3. The average molecular weight is 925 g/mol. The number of nitrogens with zero attached hydrogens (tertiary/aromatic N) is 3. The third kappa shape index (κ3) is 19.6. The summed E-state index contributed by atoms with van der Waals surface area (Å²) in [6.07, 6.45) is 25.6. The van der Waals surface area contributed by atoms with Crippen molar-refractivity contribution in [2.75, 3.05) is 13.2 Å². The Balaban J connectivity index is 0.000000643. The van der Waals surface area contributed by atoms with Crippen LogP contribution in [0.15, 0.2) is 30.3 Å². The Morgan fingerprint density at radius 2 is 1.02 bits per heavy atom. The number of rotatable bonds is 29. The molecule has 1 N–H and O–H groups in total. The molecule has 0 saturated carbocycles. The molecule has 0 aromatic heterocycles. The van der Waals surface area contributed by atoms with Crippen molar-refractivity contribution in [1.82, 2.24) is 20.3 Å². The molecule has 66 heavy (non-hydrogen) atoms. The molecule has 1 aromatic carbocycles. The van der Waals surface area contributed by atoms with Gasteiger partial charge >= 0.3 is 12.0 Å². The second-order valence-corrected chi connectivity index (χ2v) is 22.3. The van der Waals surface area contributed by atoms with E-state index in [0.29, 0.717) is 25.2 Å². The zero-order valence-corrected chi connectivity index (χ0v) is 43.9. The van der Waals surface area contributed by atoms with Crippen molar-refractivity contribution in [3.05, 3.63) is 35.9 Å². The summed E-state index contributed by atoms with van der Waals surface area (Å²) in [5, 5.41) is 6.68. The quantitative estimate of drug-likeness (QED) is 0.0476. The van der Waals surface area contributed by atoms with Crippen LogP contribution in [0, 0.1) is 5.92 Å². The molecule has 3 aliphatic rings. The Kier molecular flexibility index (Phi) is 24.9. The lowest BCUT2D eigenvalue weighted by atomic mass is 9.73. The smallest absolute Gasteiger partial charge is 0.325 e. The Bertz CT molecular complexity index is 1540. The maximum atomic E-state index is 13.3. The number of esters is 1. The summed E-state index contributed by atoms with van der Waals surface area (Å²) in [7, 11) is 0. The lowest BCUT2D eigenvalue weighted by Crippen LogP contribution is -2.62. The summed E-state index contributed by atoms with van der Waals surface area (Å²) in [4.78, 5) is 63.0. The van der Waals surface area contributed by atoms with Gasteiger partial charge in [0.1, 0.15) is 17.9 Å². The van der Waals surface area contributed by atoms with Gasteiger partial charge < -0.3 is 9.64 Å². The summed E-state index contributed by atoms with van der Waals surface area (Å²) in [6, 6.07) is 8.92. The molecular formula is C55H96N4O7. The number of ketones is 1. The van der Waals surface area contributed by atoms with Crippen LogP contribution in [0.3, 0.4) is 0 Å². The molecule has 3 saturated heterocycles. The van der Waals surface area contributed by atoms with E-state index in [2.05, 4.69) is 84.7 Å². The Labute approximate surface area is 402 Å². The van der Waals surface area contributed by atoms with Gasteiger partial charge in [0.25, 0.3) is 5.91 Å². The molecule has 0 aliphatic carbocycles. The van der Waals surface area contributed by atoms with E-state index in [1.807, 2.05) is 30.3 Å². The standard InChI is InChI=1S/C44H84N2O5.C11H12N2O2/c1-11-13-15-17-23-27-31-49-45-41(3,4)33-37(34-42(45,5)6)39(47)29-25-21-19-20-22-26-30-40(48)51-38-35-43(7,8)46(44(9,10)36-38)50-32-28-24-18-16-14-12-2;1-8-10(14)12-11(15)13(8)7-9-5-3-2-4-6-9/h37-38H,11-36H2,1-10H3;2-6,8H,7H2,1H3,(H,12,14,15). The van der Waals surface area contributed by atoms with E-state index >= 15 is 0 Å². The van der Waals surface area contributed by atoms with Crippen molar-refractivity contribution in [3.8, 4) is 0 Å². The molecule has 11 nitrogen and oxygen atoms in total. The van der Waals surface area contributed by atoms with Gasteiger partial charge in [-0.3, -0.25) is 29.4 Å². The highest BCUT2D eigenvalue weighted by molar-refractivity contribution is 6.03. The molecule has 4 rings (SSSR count). The van der Waals surface area contributed by atoms with Gasteiger partial charge in [0.2, 0.25) is 0 Å². The molecule has 1 unspecified atom stereocenters. The number of hydrogen-bond acceptors (Lipinski definition) is 9. The zero-order valence-electron chi connectivity index (χ0n) is 43.9. The fourth-order valence-electron chi connectivity index (χ4n) is 10.8. The molecule has 1 aromatic rings. The van der Waals surface area contributed by atoms with Gasteiger partial charge in [-0.1, -0.05) is 134 Å². The number of amides is 3. The number of hydrogen-bond donors (Lipinski definition) is 1. The first-order valence-corrected chi connectivity index (χ1v) is 26.5. The molecule has 0 bridgehead atoms. The van der Waals surface area contributed by atoms with Crippen molar-refractivity contribution in [1.29, 1.82) is 0 Å². The normalized spacial score (nSPS) is 20.8. The van der Waals surface area contributed by atoms with Gasteiger partial charge in [-0.2, -0.15) is 10.1 Å².